The highest BCUT2D eigenvalue weighted by atomic mass is 35.5. The first-order valence-electron chi connectivity index (χ1n) is 5.97. The summed E-state index contributed by atoms with van der Waals surface area (Å²) < 4.78 is 5.92. The Morgan fingerprint density at radius 3 is 2.42 bits per heavy atom. The Kier molecular flexibility index (Phi) is 3.10. The van der Waals surface area contributed by atoms with Crippen LogP contribution in [0.15, 0.2) is 60.2 Å². The summed E-state index contributed by atoms with van der Waals surface area (Å²) in [4.78, 5) is 11.3. The fourth-order valence-corrected chi connectivity index (χ4v) is 2.50. The van der Waals surface area contributed by atoms with Gasteiger partial charge in [0.05, 0.1) is 10.6 Å². The van der Waals surface area contributed by atoms with Crippen molar-refractivity contribution in [1.29, 1.82) is 0 Å². The predicted octanol–water partition coefficient (Wildman–Crippen LogP) is 3.97. The van der Waals surface area contributed by atoms with Gasteiger partial charge in [-0.1, -0.05) is 54.1 Å². The van der Waals surface area contributed by atoms with Gasteiger partial charge < -0.3 is 4.74 Å². The van der Waals surface area contributed by atoms with Gasteiger partial charge in [0.2, 0.25) is 0 Å². The number of carbonyl (C=O) groups is 1. The van der Waals surface area contributed by atoms with Crippen LogP contribution in [0.2, 0.25) is 0 Å². The second-order valence-corrected chi connectivity index (χ2v) is 4.67. The maximum absolute atomic E-state index is 11.3. The summed E-state index contributed by atoms with van der Waals surface area (Å²) in [7, 11) is 0. The van der Waals surface area contributed by atoms with Crippen LogP contribution in [-0.4, -0.2) is 6.29 Å². The fraction of sp³-hybridized carbons (Fsp3) is 0.0625. The van der Waals surface area contributed by atoms with E-state index in [1.54, 1.807) is 0 Å². The van der Waals surface area contributed by atoms with Gasteiger partial charge in [-0.05, 0) is 17.7 Å². The highest BCUT2D eigenvalue weighted by Crippen LogP contribution is 2.42. The van der Waals surface area contributed by atoms with Crippen LogP contribution in [0.25, 0.3) is 5.03 Å². The lowest BCUT2D eigenvalue weighted by atomic mass is 9.97. The van der Waals surface area contributed by atoms with Crippen LogP contribution in [0.5, 0.6) is 5.75 Å². The fourth-order valence-electron chi connectivity index (χ4n) is 2.20. The van der Waals surface area contributed by atoms with Crippen molar-refractivity contribution in [3.05, 3.63) is 71.3 Å². The van der Waals surface area contributed by atoms with Crippen LogP contribution >= 0.6 is 11.6 Å². The molecule has 2 aromatic carbocycles. The number of para-hydroxylation sites is 1. The molecule has 19 heavy (non-hydrogen) atoms. The monoisotopic (exact) mass is 270 g/mol. The van der Waals surface area contributed by atoms with Crippen LogP contribution < -0.4 is 4.74 Å². The van der Waals surface area contributed by atoms with Crippen molar-refractivity contribution in [3.63, 3.8) is 0 Å². The zero-order chi connectivity index (χ0) is 13.2. The van der Waals surface area contributed by atoms with E-state index in [0.717, 1.165) is 17.4 Å². The molecule has 0 spiro atoms. The first-order valence-corrected chi connectivity index (χ1v) is 6.35. The van der Waals surface area contributed by atoms with Crippen LogP contribution in [-0.2, 0) is 4.79 Å². The van der Waals surface area contributed by atoms with E-state index in [0.29, 0.717) is 16.4 Å². The smallest absolute Gasteiger partial charge is 0.153 e. The van der Waals surface area contributed by atoms with Gasteiger partial charge >= 0.3 is 0 Å². The standard InChI is InChI=1S/C16H11ClO2/c17-15-12-8-4-5-9-14(12)19-16(13(15)10-18)11-6-2-1-3-7-11/h1-10,16H. The van der Waals surface area contributed by atoms with Gasteiger partial charge in [-0.25, -0.2) is 0 Å². The summed E-state index contributed by atoms with van der Waals surface area (Å²) in [5, 5.41) is 0.464. The van der Waals surface area contributed by atoms with Gasteiger partial charge in [-0.3, -0.25) is 4.79 Å². The van der Waals surface area contributed by atoms with Gasteiger partial charge in [0.15, 0.2) is 12.4 Å². The molecule has 2 aromatic rings. The highest BCUT2D eigenvalue weighted by molar-refractivity contribution is 6.51. The molecule has 0 saturated carbocycles. The number of halogens is 1. The first kappa shape index (κ1) is 12.0. The second kappa shape index (κ2) is 4.90. The minimum Gasteiger partial charge on any atom is -0.480 e. The lowest BCUT2D eigenvalue weighted by Gasteiger charge is -2.27. The summed E-state index contributed by atoms with van der Waals surface area (Å²) in [5.74, 6) is 0.701. The Labute approximate surface area is 116 Å². The highest BCUT2D eigenvalue weighted by Gasteiger charge is 2.28. The molecule has 3 heteroatoms. The number of hydrogen-bond donors (Lipinski definition) is 0. The van der Waals surface area contributed by atoms with Crippen LogP contribution in [0.1, 0.15) is 17.2 Å². The van der Waals surface area contributed by atoms with Crippen molar-refractivity contribution in [2.45, 2.75) is 6.10 Å². The molecule has 0 N–H and O–H groups in total. The van der Waals surface area contributed by atoms with E-state index in [9.17, 15) is 4.79 Å². The van der Waals surface area contributed by atoms with E-state index < -0.39 is 6.10 Å². The van der Waals surface area contributed by atoms with Crippen molar-refractivity contribution in [2.24, 2.45) is 0 Å². The third-order valence-electron chi connectivity index (χ3n) is 3.13. The third-order valence-corrected chi connectivity index (χ3v) is 3.56. The van der Waals surface area contributed by atoms with E-state index in [4.69, 9.17) is 16.3 Å². The normalized spacial score (nSPS) is 17.6. The average Bonchev–Trinajstić information content (AvgIpc) is 2.48. The molecule has 0 saturated heterocycles. The zero-order valence-electron chi connectivity index (χ0n) is 10.0. The average molecular weight is 271 g/mol. The van der Waals surface area contributed by atoms with Crippen LogP contribution in [0.3, 0.4) is 0 Å². The topological polar surface area (TPSA) is 26.3 Å². The molecule has 0 fully saturated rings. The molecule has 1 aliphatic rings. The number of hydrogen-bond acceptors (Lipinski definition) is 2. The van der Waals surface area contributed by atoms with Gasteiger partial charge in [0.1, 0.15) is 5.75 Å². The number of rotatable bonds is 2. The lowest BCUT2D eigenvalue weighted by Crippen LogP contribution is -2.17. The van der Waals surface area contributed by atoms with Crippen molar-refractivity contribution >= 4 is 22.9 Å². The number of aldehydes is 1. The minimum atomic E-state index is -0.443. The summed E-state index contributed by atoms with van der Waals surface area (Å²) in [6, 6.07) is 17.1. The molecule has 0 radical (unpaired) electrons. The number of benzene rings is 2. The maximum atomic E-state index is 11.3. The quantitative estimate of drug-likeness (QED) is 0.772. The largest absolute Gasteiger partial charge is 0.480 e. The van der Waals surface area contributed by atoms with Gasteiger partial charge in [-0.15, -0.1) is 0 Å². The zero-order valence-corrected chi connectivity index (χ0v) is 10.8. The van der Waals surface area contributed by atoms with E-state index in [2.05, 4.69) is 0 Å². The van der Waals surface area contributed by atoms with E-state index >= 15 is 0 Å². The predicted molar refractivity (Wildman–Crippen MR) is 75.1 cm³/mol. The van der Waals surface area contributed by atoms with E-state index in [-0.39, 0.29) is 0 Å². The molecule has 94 valence electrons. The van der Waals surface area contributed by atoms with Crippen molar-refractivity contribution in [2.75, 3.05) is 0 Å². The van der Waals surface area contributed by atoms with E-state index in [1.165, 1.54) is 0 Å². The van der Waals surface area contributed by atoms with Gasteiger partial charge in [0, 0.05) is 5.56 Å². The molecule has 1 atom stereocenters. The van der Waals surface area contributed by atoms with E-state index in [1.807, 2.05) is 54.6 Å². The summed E-state index contributed by atoms with van der Waals surface area (Å²) in [5.41, 5.74) is 2.14. The maximum Gasteiger partial charge on any atom is 0.153 e. The molecule has 1 unspecified atom stereocenters. The van der Waals surface area contributed by atoms with Crippen molar-refractivity contribution in [1.82, 2.24) is 0 Å². The first-order chi connectivity index (χ1) is 9.31. The molecule has 0 bridgehead atoms. The Morgan fingerprint density at radius 2 is 1.68 bits per heavy atom. The van der Waals surface area contributed by atoms with Gasteiger partial charge in [-0.2, -0.15) is 0 Å². The molecule has 2 nitrogen and oxygen atoms in total. The Bertz CT molecular complexity index is 647. The minimum absolute atomic E-state index is 0.443. The number of fused-ring (bicyclic) bond motifs is 1. The number of carbonyl (C=O) groups excluding carboxylic acids is 1. The Balaban J connectivity index is 2.15. The third kappa shape index (κ3) is 2.04. The molecule has 0 aromatic heterocycles. The van der Waals surface area contributed by atoms with Gasteiger partial charge in [0.25, 0.3) is 0 Å². The molecular weight excluding hydrogens is 260 g/mol. The molecule has 0 amide bonds. The summed E-state index contributed by atoms with van der Waals surface area (Å²) in [6.45, 7) is 0. The van der Waals surface area contributed by atoms with Crippen molar-refractivity contribution in [3.8, 4) is 5.75 Å². The molecule has 1 heterocycles. The molecule has 1 aliphatic heterocycles. The summed E-state index contributed by atoms with van der Waals surface area (Å²) >= 11 is 6.33. The van der Waals surface area contributed by atoms with Crippen LogP contribution in [0, 0.1) is 0 Å². The van der Waals surface area contributed by atoms with Crippen molar-refractivity contribution < 1.29 is 9.53 Å². The number of ether oxygens (including phenoxy) is 1. The summed E-state index contributed by atoms with van der Waals surface area (Å²) in [6.07, 6.45) is 0.330. The second-order valence-electron chi connectivity index (χ2n) is 4.29. The molecular formula is C16H11ClO2. The van der Waals surface area contributed by atoms with Crippen LogP contribution in [0.4, 0.5) is 0 Å². The Hall–Kier alpha value is -2.06. The lowest BCUT2D eigenvalue weighted by molar-refractivity contribution is -0.105. The Morgan fingerprint density at radius 1 is 1.00 bits per heavy atom. The molecule has 0 aliphatic carbocycles. The SMILES string of the molecule is O=CC1=C(Cl)c2ccccc2OC1c1ccccc1. The molecule has 3 rings (SSSR count).